The molecule has 2 N–H and O–H groups in total. The molecule has 2 aromatic carbocycles. The van der Waals surface area contributed by atoms with E-state index in [-0.39, 0.29) is 9.92 Å². The lowest BCUT2D eigenvalue weighted by atomic mass is 10.2. The molecule has 116 valence electrons. The van der Waals surface area contributed by atoms with E-state index in [2.05, 4.69) is 0 Å². The standard InChI is InChI=1S/C13H10ClNO6S/c1-7-2-3-9(14)12(4-7)22(20,21)8-5-10(15(18)19)13(17)11(16)6-8/h2-6,16-17H,1H3. The number of phenolic OH excluding ortho intramolecular Hbond substituents is 2. The molecule has 2 rings (SSSR count). The third-order valence-electron chi connectivity index (χ3n) is 2.93. The molecule has 22 heavy (non-hydrogen) atoms. The average molecular weight is 344 g/mol. The van der Waals surface area contributed by atoms with Crippen molar-refractivity contribution in [3.8, 4) is 11.5 Å². The van der Waals surface area contributed by atoms with Gasteiger partial charge in [-0.3, -0.25) is 10.1 Å². The zero-order chi connectivity index (χ0) is 16.7. The van der Waals surface area contributed by atoms with Crippen molar-refractivity contribution >= 4 is 27.1 Å². The van der Waals surface area contributed by atoms with E-state index in [0.29, 0.717) is 11.6 Å². The Hall–Kier alpha value is -2.32. The van der Waals surface area contributed by atoms with Gasteiger partial charge in [0, 0.05) is 12.1 Å². The van der Waals surface area contributed by atoms with Gasteiger partial charge in [0.2, 0.25) is 15.6 Å². The molecule has 0 atom stereocenters. The van der Waals surface area contributed by atoms with Gasteiger partial charge in [-0.25, -0.2) is 8.42 Å². The second kappa shape index (κ2) is 5.47. The summed E-state index contributed by atoms with van der Waals surface area (Å²) >= 11 is 5.88. The van der Waals surface area contributed by atoms with Gasteiger partial charge < -0.3 is 10.2 Å². The quantitative estimate of drug-likeness (QED) is 0.502. The summed E-state index contributed by atoms with van der Waals surface area (Å²) in [7, 11) is -4.19. The molecule has 0 bridgehead atoms. The zero-order valence-electron chi connectivity index (χ0n) is 11.1. The van der Waals surface area contributed by atoms with Crippen LogP contribution in [0, 0.1) is 17.0 Å². The lowest BCUT2D eigenvalue weighted by Crippen LogP contribution is -2.04. The van der Waals surface area contributed by atoms with Crippen LogP contribution < -0.4 is 0 Å². The number of hydrogen-bond donors (Lipinski definition) is 2. The van der Waals surface area contributed by atoms with Gasteiger partial charge in [0.15, 0.2) is 5.75 Å². The highest BCUT2D eigenvalue weighted by Crippen LogP contribution is 2.39. The molecule has 0 spiro atoms. The van der Waals surface area contributed by atoms with E-state index in [9.17, 15) is 28.7 Å². The molecule has 2 aromatic rings. The topological polar surface area (TPSA) is 118 Å². The maximum atomic E-state index is 12.5. The van der Waals surface area contributed by atoms with Gasteiger partial charge in [0.05, 0.1) is 19.7 Å². The third kappa shape index (κ3) is 2.70. The molecular formula is C13H10ClNO6S. The lowest BCUT2D eigenvalue weighted by Gasteiger charge is -2.09. The third-order valence-corrected chi connectivity index (χ3v) is 5.14. The fourth-order valence-electron chi connectivity index (χ4n) is 1.82. The van der Waals surface area contributed by atoms with E-state index in [4.69, 9.17) is 11.6 Å². The van der Waals surface area contributed by atoms with Crippen molar-refractivity contribution in [3.05, 3.63) is 51.0 Å². The highest BCUT2D eigenvalue weighted by molar-refractivity contribution is 7.91. The van der Waals surface area contributed by atoms with E-state index in [1.54, 1.807) is 13.0 Å². The molecule has 0 aromatic heterocycles. The lowest BCUT2D eigenvalue weighted by molar-refractivity contribution is -0.386. The summed E-state index contributed by atoms with van der Waals surface area (Å²) in [6, 6.07) is 5.71. The van der Waals surface area contributed by atoms with Crippen molar-refractivity contribution in [3.63, 3.8) is 0 Å². The first-order valence-corrected chi connectivity index (χ1v) is 7.72. The van der Waals surface area contributed by atoms with Gasteiger partial charge in [0.1, 0.15) is 0 Å². The van der Waals surface area contributed by atoms with Gasteiger partial charge in [0.25, 0.3) is 0 Å². The number of phenols is 2. The van der Waals surface area contributed by atoms with Crippen molar-refractivity contribution in [1.29, 1.82) is 0 Å². The van der Waals surface area contributed by atoms with Crippen LogP contribution in [0.2, 0.25) is 5.02 Å². The molecule has 0 aliphatic carbocycles. The Morgan fingerprint density at radius 1 is 1.18 bits per heavy atom. The molecule has 0 unspecified atom stereocenters. The Labute approximate surface area is 130 Å². The van der Waals surface area contributed by atoms with Crippen LogP contribution in [0.15, 0.2) is 40.1 Å². The summed E-state index contributed by atoms with van der Waals surface area (Å²) < 4.78 is 25.1. The number of hydrogen-bond acceptors (Lipinski definition) is 6. The minimum Gasteiger partial charge on any atom is -0.504 e. The molecule has 7 nitrogen and oxygen atoms in total. The summed E-state index contributed by atoms with van der Waals surface area (Å²) in [5.41, 5.74) is -0.289. The molecule has 0 aliphatic rings. The Balaban J connectivity index is 2.74. The Morgan fingerprint density at radius 2 is 1.82 bits per heavy atom. The Bertz CT molecular complexity index is 878. The SMILES string of the molecule is Cc1ccc(Cl)c(S(=O)(=O)c2cc(O)c(O)c([N+](=O)[O-])c2)c1. The molecule has 9 heteroatoms. The maximum absolute atomic E-state index is 12.5. The van der Waals surface area contributed by atoms with E-state index >= 15 is 0 Å². The van der Waals surface area contributed by atoms with Crippen LogP contribution in [0.3, 0.4) is 0 Å². The van der Waals surface area contributed by atoms with Crippen LogP contribution in [-0.4, -0.2) is 23.6 Å². The molecule has 0 aliphatic heterocycles. The first-order valence-electron chi connectivity index (χ1n) is 5.86. The number of halogens is 1. The second-order valence-corrected chi connectivity index (χ2v) is 6.83. The number of aryl methyl sites for hydroxylation is 1. The van der Waals surface area contributed by atoms with Gasteiger partial charge in [-0.05, 0) is 24.6 Å². The predicted molar refractivity (Wildman–Crippen MR) is 78.1 cm³/mol. The predicted octanol–water partition coefficient (Wildman–Crippen LogP) is 2.80. The van der Waals surface area contributed by atoms with Crippen LogP contribution in [0.4, 0.5) is 5.69 Å². The van der Waals surface area contributed by atoms with Crippen LogP contribution >= 0.6 is 11.6 Å². The van der Waals surface area contributed by atoms with Gasteiger partial charge in [-0.1, -0.05) is 17.7 Å². The van der Waals surface area contributed by atoms with E-state index in [1.165, 1.54) is 12.1 Å². The van der Waals surface area contributed by atoms with Gasteiger partial charge >= 0.3 is 5.69 Å². The molecule has 0 heterocycles. The molecular weight excluding hydrogens is 334 g/mol. The monoisotopic (exact) mass is 343 g/mol. The highest BCUT2D eigenvalue weighted by atomic mass is 35.5. The number of sulfone groups is 1. The first-order chi connectivity index (χ1) is 10.1. The second-order valence-electron chi connectivity index (χ2n) is 4.50. The average Bonchev–Trinajstić information content (AvgIpc) is 2.43. The van der Waals surface area contributed by atoms with E-state index in [1.807, 2.05) is 0 Å². The minimum absolute atomic E-state index is 0.0548. The maximum Gasteiger partial charge on any atom is 0.315 e. The fraction of sp³-hybridized carbons (Fsp3) is 0.0769. The number of nitro benzene ring substituents is 1. The van der Waals surface area contributed by atoms with Crippen molar-refractivity contribution < 1.29 is 23.6 Å². The summed E-state index contributed by atoms with van der Waals surface area (Å²) in [6.45, 7) is 1.66. The van der Waals surface area contributed by atoms with Crippen molar-refractivity contribution in [2.75, 3.05) is 0 Å². The highest BCUT2D eigenvalue weighted by Gasteiger charge is 2.27. The number of nitro groups is 1. The summed E-state index contributed by atoms with van der Waals surface area (Å²) in [5.74, 6) is -1.91. The summed E-state index contributed by atoms with van der Waals surface area (Å²) in [6.07, 6.45) is 0. The molecule has 0 saturated heterocycles. The number of rotatable bonds is 3. The van der Waals surface area contributed by atoms with E-state index < -0.39 is 36.8 Å². The largest absolute Gasteiger partial charge is 0.504 e. The van der Waals surface area contributed by atoms with Crippen molar-refractivity contribution in [2.24, 2.45) is 0 Å². The van der Waals surface area contributed by atoms with Crippen molar-refractivity contribution in [1.82, 2.24) is 0 Å². The van der Waals surface area contributed by atoms with Gasteiger partial charge in [-0.15, -0.1) is 0 Å². The summed E-state index contributed by atoms with van der Waals surface area (Å²) in [4.78, 5) is 9.05. The number of nitrogens with zero attached hydrogens (tertiary/aromatic N) is 1. The first kappa shape index (κ1) is 16.1. The summed E-state index contributed by atoms with van der Waals surface area (Å²) in [5, 5.41) is 29.7. The smallest absolute Gasteiger partial charge is 0.315 e. The van der Waals surface area contributed by atoms with Crippen molar-refractivity contribution in [2.45, 2.75) is 16.7 Å². The van der Waals surface area contributed by atoms with Crippen LogP contribution in [0.1, 0.15) is 5.56 Å². The Morgan fingerprint density at radius 3 is 2.41 bits per heavy atom. The van der Waals surface area contributed by atoms with Crippen LogP contribution in [-0.2, 0) is 9.84 Å². The minimum atomic E-state index is -4.19. The van der Waals surface area contributed by atoms with Gasteiger partial charge in [-0.2, -0.15) is 0 Å². The fourth-order valence-corrected chi connectivity index (χ4v) is 3.69. The Kier molecular flexibility index (Phi) is 3.99. The zero-order valence-corrected chi connectivity index (χ0v) is 12.7. The normalized spacial score (nSPS) is 11.4. The molecule has 0 amide bonds. The number of aromatic hydroxyl groups is 2. The molecule has 0 saturated carbocycles. The van der Waals surface area contributed by atoms with E-state index in [0.717, 1.165) is 6.07 Å². The number of benzene rings is 2. The van der Waals surface area contributed by atoms with Crippen LogP contribution in [0.5, 0.6) is 11.5 Å². The molecule has 0 radical (unpaired) electrons. The molecule has 0 fully saturated rings. The van der Waals surface area contributed by atoms with Crippen LogP contribution in [0.25, 0.3) is 0 Å².